The van der Waals surface area contributed by atoms with Gasteiger partial charge in [-0.25, -0.2) is 0 Å². The molecule has 2 rings (SSSR count). The van der Waals surface area contributed by atoms with E-state index in [1.807, 2.05) is 0 Å². The van der Waals surface area contributed by atoms with Crippen LogP contribution in [0.25, 0.3) is 0 Å². The Kier molecular flexibility index (Phi) is 10.0. The molecule has 0 spiro atoms. The molecule has 0 heterocycles. The molecule has 6 heteroatoms. The molecule has 0 aromatic rings. The average Bonchev–Trinajstić information content (AvgIpc) is 2.56. The van der Waals surface area contributed by atoms with Gasteiger partial charge in [-0.2, -0.15) is 0 Å². The first-order valence-electron chi connectivity index (χ1n) is 9.43. The Bertz CT molecular complexity index is 362. The molecule has 0 aromatic carbocycles. The molecule has 146 valence electrons. The van der Waals surface area contributed by atoms with Crippen molar-refractivity contribution in [1.82, 2.24) is 0 Å². The fourth-order valence-electron chi connectivity index (χ4n) is 3.44. The van der Waals surface area contributed by atoms with E-state index < -0.39 is 0 Å². The molecular formula is C19H36N2O4. The molecule has 25 heavy (non-hydrogen) atoms. The molecule has 0 aromatic heterocycles. The third kappa shape index (κ3) is 8.68. The molecule has 2 aliphatic carbocycles. The molecule has 4 N–H and O–H groups in total. The number of esters is 2. The van der Waals surface area contributed by atoms with Crippen molar-refractivity contribution in [2.45, 2.75) is 109 Å². The number of ether oxygens (including phenoxy) is 2. The Morgan fingerprint density at radius 3 is 1.32 bits per heavy atom. The summed E-state index contributed by atoms with van der Waals surface area (Å²) in [6.07, 6.45) is 9.29. The molecule has 2 fully saturated rings. The summed E-state index contributed by atoms with van der Waals surface area (Å²) in [5, 5.41) is 0. The molecule has 6 nitrogen and oxygen atoms in total. The minimum absolute atomic E-state index is 0. The Morgan fingerprint density at radius 2 is 1.00 bits per heavy atom. The summed E-state index contributed by atoms with van der Waals surface area (Å²) >= 11 is 0. The predicted molar refractivity (Wildman–Crippen MR) is 97.8 cm³/mol. The van der Waals surface area contributed by atoms with Crippen molar-refractivity contribution in [3.05, 3.63) is 0 Å². The molecule has 0 radical (unpaired) electrons. The largest absolute Gasteiger partial charge is 0.462 e. The van der Waals surface area contributed by atoms with Crippen molar-refractivity contribution in [2.24, 2.45) is 11.5 Å². The molecule has 2 aliphatic rings. The second-order valence-electron chi connectivity index (χ2n) is 7.26. The Labute approximate surface area is 152 Å². The van der Waals surface area contributed by atoms with Crippen molar-refractivity contribution in [2.75, 3.05) is 0 Å². The van der Waals surface area contributed by atoms with Crippen LogP contribution in [0.15, 0.2) is 0 Å². The lowest BCUT2D eigenvalue weighted by Crippen LogP contribution is -2.31. The highest BCUT2D eigenvalue weighted by molar-refractivity contribution is 5.70. The van der Waals surface area contributed by atoms with Crippen molar-refractivity contribution < 1.29 is 19.1 Å². The molecule has 0 unspecified atom stereocenters. The van der Waals surface area contributed by atoms with E-state index in [9.17, 15) is 9.59 Å². The first-order valence-corrected chi connectivity index (χ1v) is 9.43. The number of carbonyl (C=O) groups excluding carboxylic acids is 2. The molecule has 2 saturated carbocycles. The maximum Gasteiger partial charge on any atom is 0.306 e. The normalized spacial score (nSPS) is 29.4. The monoisotopic (exact) mass is 356 g/mol. The quantitative estimate of drug-likeness (QED) is 0.537. The van der Waals surface area contributed by atoms with E-state index in [-0.39, 0.29) is 43.7 Å². The zero-order chi connectivity index (χ0) is 17.4. The van der Waals surface area contributed by atoms with E-state index in [0.717, 1.165) is 51.4 Å². The van der Waals surface area contributed by atoms with E-state index >= 15 is 0 Å². The lowest BCUT2D eigenvalue weighted by atomic mass is 9.94. The van der Waals surface area contributed by atoms with Crippen LogP contribution in [0.3, 0.4) is 0 Å². The van der Waals surface area contributed by atoms with Crippen molar-refractivity contribution in [3.8, 4) is 0 Å². The van der Waals surface area contributed by atoms with Gasteiger partial charge in [0.05, 0.1) is 0 Å². The van der Waals surface area contributed by atoms with Gasteiger partial charge in [-0.3, -0.25) is 9.59 Å². The van der Waals surface area contributed by atoms with Crippen molar-refractivity contribution in [1.29, 1.82) is 0 Å². The standard InChI is InChI=1S/C18H32N2O4.CH4/c19-13-5-9-15(10-6-13)23-17(21)3-1-2-4-18(22)24-16-11-7-14(20)8-12-16;/h13-16H,1-12,19-20H2;1H4. The predicted octanol–water partition coefficient (Wildman–Crippen LogP) is 2.81. The summed E-state index contributed by atoms with van der Waals surface area (Å²) in [6.45, 7) is 0. The van der Waals surface area contributed by atoms with Gasteiger partial charge in [0, 0.05) is 24.9 Å². The molecular weight excluding hydrogens is 320 g/mol. The third-order valence-electron chi connectivity index (χ3n) is 5.05. The third-order valence-corrected chi connectivity index (χ3v) is 5.05. The molecule has 0 aliphatic heterocycles. The van der Waals surface area contributed by atoms with Gasteiger partial charge in [0.2, 0.25) is 0 Å². The Hall–Kier alpha value is -1.14. The van der Waals surface area contributed by atoms with Gasteiger partial charge in [-0.15, -0.1) is 0 Å². The van der Waals surface area contributed by atoms with Crippen LogP contribution in [0.5, 0.6) is 0 Å². The van der Waals surface area contributed by atoms with Crippen LogP contribution in [-0.2, 0) is 19.1 Å². The number of nitrogens with two attached hydrogens (primary N) is 2. The smallest absolute Gasteiger partial charge is 0.306 e. The summed E-state index contributed by atoms with van der Waals surface area (Å²) < 4.78 is 10.9. The van der Waals surface area contributed by atoms with Gasteiger partial charge in [-0.1, -0.05) is 7.43 Å². The Morgan fingerprint density at radius 1 is 0.680 bits per heavy atom. The fourth-order valence-corrected chi connectivity index (χ4v) is 3.44. The number of hydrogen-bond acceptors (Lipinski definition) is 6. The van der Waals surface area contributed by atoms with Gasteiger partial charge >= 0.3 is 11.9 Å². The van der Waals surface area contributed by atoms with Gasteiger partial charge in [0.15, 0.2) is 0 Å². The SMILES string of the molecule is C.NC1CCC(OC(=O)CCCCC(=O)OC2CCC(N)CC2)CC1. The summed E-state index contributed by atoms with van der Waals surface area (Å²) in [7, 11) is 0. The second-order valence-corrected chi connectivity index (χ2v) is 7.26. The highest BCUT2D eigenvalue weighted by Gasteiger charge is 2.22. The fraction of sp³-hybridized carbons (Fsp3) is 0.895. The maximum absolute atomic E-state index is 11.8. The van der Waals surface area contributed by atoms with Crippen molar-refractivity contribution in [3.63, 3.8) is 0 Å². The van der Waals surface area contributed by atoms with Crippen LogP contribution in [-0.4, -0.2) is 36.2 Å². The number of hydrogen-bond donors (Lipinski definition) is 2. The van der Waals surface area contributed by atoms with Gasteiger partial charge in [0.25, 0.3) is 0 Å². The summed E-state index contributed by atoms with van der Waals surface area (Å²) in [4.78, 5) is 23.6. The lowest BCUT2D eigenvalue weighted by molar-refractivity contribution is -0.153. The molecule has 0 amide bonds. The number of rotatable bonds is 7. The number of unbranched alkanes of at least 4 members (excludes halogenated alkanes) is 1. The van der Waals surface area contributed by atoms with Crippen LogP contribution >= 0.6 is 0 Å². The van der Waals surface area contributed by atoms with E-state index in [2.05, 4.69) is 0 Å². The lowest BCUT2D eigenvalue weighted by Gasteiger charge is -2.26. The minimum Gasteiger partial charge on any atom is -0.462 e. The highest BCUT2D eigenvalue weighted by atomic mass is 16.5. The zero-order valence-electron chi connectivity index (χ0n) is 14.6. The maximum atomic E-state index is 11.8. The first kappa shape index (κ1) is 21.9. The zero-order valence-corrected chi connectivity index (χ0v) is 14.6. The average molecular weight is 357 g/mol. The van der Waals surface area contributed by atoms with Crippen LogP contribution in [0.1, 0.15) is 84.5 Å². The molecule has 0 saturated heterocycles. The topological polar surface area (TPSA) is 105 Å². The Balaban J connectivity index is 0.00000312. The second kappa shape index (κ2) is 11.5. The van der Waals surface area contributed by atoms with Crippen molar-refractivity contribution >= 4 is 11.9 Å². The highest BCUT2D eigenvalue weighted by Crippen LogP contribution is 2.22. The van der Waals surface area contributed by atoms with Gasteiger partial charge in [-0.05, 0) is 64.2 Å². The van der Waals surface area contributed by atoms with Crippen LogP contribution in [0, 0.1) is 0 Å². The summed E-state index contributed by atoms with van der Waals surface area (Å²) in [5.74, 6) is -0.324. The van der Waals surface area contributed by atoms with E-state index in [4.69, 9.17) is 20.9 Å². The summed E-state index contributed by atoms with van der Waals surface area (Å²) in [6, 6.07) is 0.511. The van der Waals surface area contributed by atoms with Crippen LogP contribution < -0.4 is 11.5 Å². The van der Waals surface area contributed by atoms with Crippen LogP contribution in [0.4, 0.5) is 0 Å². The minimum atomic E-state index is -0.162. The molecule has 0 atom stereocenters. The van der Waals surface area contributed by atoms with E-state index in [1.54, 1.807) is 0 Å². The number of carbonyl (C=O) groups is 2. The van der Waals surface area contributed by atoms with E-state index in [1.165, 1.54) is 0 Å². The summed E-state index contributed by atoms with van der Waals surface area (Å²) in [5.41, 5.74) is 11.7. The molecule has 0 bridgehead atoms. The van der Waals surface area contributed by atoms with Gasteiger partial charge in [0.1, 0.15) is 12.2 Å². The van der Waals surface area contributed by atoms with Gasteiger partial charge < -0.3 is 20.9 Å². The van der Waals surface area contributed by atoms with E-state index in [0.29, 0.717) is 25.7 Å². The van der Waals surface area contributed by atoms with Crippen LogP contribution in [0.2, 0.25) is 0 Å². The first-order chi connectivity index (χ1) is 11.5.